The Balaban J connectivity index is 2.35. The summed E-state index contributed by atoms with van der Waals surface area (Å²) in [7, 11) is 0. The molecule has 0 aliphatic carbocycles. The van der Waals surface area contributed by atoms with Gasteiger partial charge in [0.2, 0.25) is 5.91 Å². The smallest absolute Gasteiger partial charge is 0.223 e. The molecule has 0 saturated carbocycles. The van der Waals surface area contributed by atoms with E-state index in [0.717, 1.165) is 26.2 Å². The molecule has 0 unspecified atom stereocenters. The van der Waals surface area contributed by atoms with Gasteiger partial charge in [0.05, 0.1) is 0 Å². The summed E-state index contributed by atoms with van der Waals surface area (Å²) in [5.41, 5.74) is 3.97. The molecule has 0 heterocycles. The van der Waals surface area contributed by atoms with Crippen molar-refractivity contribution in [2.75, 3.05) is 19.6 Å². The van der Waals surface area contributed by atoms with Gasteiger partial charge in [0.1, 0.15) is 0 Å². The van der Waals surface area contributed by atoms with Crippen LogP contribution >= 0.6 is 0 Å². The summed E-state index contributed by atoms with van der Waals surface area (Å²) in [6.45, 7) is 11.5. The van der Waals surface area contributed by atoms with E-state index < -0.39 is 0 Å². The number of carbonyl (C=O) groups is 1. The highest BCUT2D eigenvalue weighted by Crippen LogP contribution is 2.12. The zero-order chi connectivity index (χ0) is 14.3. The standard InChI is InChI=1S/C16H26N2O/c1-5-18(6-2)16(19)10-11-17-12-15-9-7-8-13(3)14(15)4/h7-9,17H,5-6,10-12H2,1-4H3. The van der Waals surface area contributed by atoms with Crippen LogP contribution in [0.5, 0.6) is 0 Å². The predicted molar refractivity (Wildman–Crippen MR) is 80.2 cm³/mol. The van der Waals surface area contributed by atoms with Crippen molar-refractivity contribution in [3.05, 3.63) is 34.9 Å². The maximum absolute atomic E-state index is 11.8. The molecule has 0 saturated heterocycles. The molecule has 106 valence electrons. The van der Waals surface area contributed by atoms with Crippen LogP contribution in [0.4, 0.5) is 0 Å². The van der Waals surface area contributed by atoms with Gasteiger partial charge in [-0.2, -0.15) is 0 Å². The number of carbonyl (C=O) groups excluding carboxylic acids is 1. The summed E-state index contributed by atoms with van der Waals surface area (Å²) in [5, 5.41) is 3.36. The van der Waals surface area contributed by atoms with Crippen molar-refractivity contribution in [3.8, 4) is 0 Å². The van der Waals surface area contributed by atoms with Gasteiger partial charge in [0.25, 0.3) is 0 Å². The number of nitrogens with zero attached hydrogens (tertiary/aromatic N) is 1. The van der Waals surface area contributed by atoms with Gasteiger partial charge in [-0.1, -0.05) is 18.2 Å². The molecular weight excluding hydrogens is 236 g/mol. The summed E-state index contributed by atoms with van der Waals surface area (Å²) in [6, 6.07) is 6.35. The lowest BCUT2D eigenvalue weighted by Crippen LogP contribution is -2.32. The third kappa shape index (κ3) is 4.67. The molecule has 0 spiro atoms. The Morgan fingerprint density at radius 1 is 1.21 bits per heavy atom. The number of amides is 1. The van der Waals surface area contributed by atoms with Crippen LogP contribution in [0.3, 0.4) is 0 Å². The number of nitrogens with one attached hydrogen (secondary N) is 1. The van der Waals surface area contributed by atoms with Gasteiger partial charge >= 0.3 is 0 Å². The summed E-state index contributed by atoms with van der Waals surface area (Å²) in [5.74, 6) is 0.235. The van der Waals surface area contributed by atoms with Crippen molar-refractivity contribution >= 4 is 5.91 Å². The van der Waals surface area contributed by atoms with Crippen LogP contribution in [0.15, 0.2) is 18.2 Å². The van der Waals surface area contributed by atoms with Crippen LogP contribution in [-0.2, 0) is 11.3 Å². The van der Waals surface area contributed by atoms with E-state index >= 15 is 0 Å². The minimum atomic E-state index is 0.235. The van der Waals surface area contributed by atoms with E-state index in [0.29, 0.717) is 6.42 Å². The number of aryl methyl sites for hydroxylation is 1. The minimum Gasteiger partial charge on any atom is -0.343 e. The van der Waals surface area contributed by atoms with E-state index in [1.165, 1.54) is 16.7 Å². The lowest BCUT2D eigenvalue weighted by molar-refractivity contribution is -0.130. The lowest BCUT2D eigenvalue weighted by Gasteiger charge is -2.18. The maximum Gasteiger partial charge on any atom is 0.223 e. The largest absolute Gasteiger partial charge is 0.343 e. The predicted octanol–water partition coefficient (Wildman–Crippen LogP) is 2.65. The second-order valence-electron chi connectivity index (χ2n) is 4.85. The first kappa shape index (κ1) is 15.7. The molecule has 3 heteroatoms. The molecule has 1 aromatic rings. The third-order valence-electron chi connectivity index (χ3n) is 3.66. The molecule has 0 aromatic heterocycles. The van der Waals surface area contributed by atoms with Crippen molar-refractivity contribution in [2.24, 2.45) is 0 Å². The van der Waals surface area contributed by atoms with E-state index in [1.54, 1.807) is 0 Å². The van der Waals surface area contributed by atoms with E-state index in [2.05, 4.69) is 37.4 Å². The lowest BCUT2D eigenvalue weighted by atomic mass is 10.0. The molecule has 3 nitrogen and oxygen atoms in total. The number of rotatable bonds is 7. The average molecular weight is 262 g/mol. The van der Waals surface area contributed by atoms with Crippen molar-refractivity contribution in [3.63, 3.8) is 0 Å². The van der Waals surface area contributed by atoms with Gasteiger partial charge in [0, 0.05) is 32.6 Å². The summed E-state index contributed by atoms with van der Waals surface area (Å²) < 4.78 is 0. The van der Waals surface area contributed by atoms with Gasteiger partial charge in [0.15, 0.2) is 0 Å². The van der Waals surface area contributed by atoms with Gasteiger partial charge in [-0.3, -0.25) is 4.79 Å². The van der Waals surface area contributed by atoms with Crippen molar-refractivity contribution in [2.45, 2.75) is 40.7 Å². The van der Waals surface area contributed by atoms with Crippen molar-refractivity contribution < 1.29 is 4.79 Å². The first-order chi connectivity index (χ1) is 9.10. The molecule has 0 radical (unpaired) electrons. The summed E-state index contributed by atoms with van der Waals surface area (Å²) in [6.07, 6.45) is 0.576. The zero-order valence-corrected chi connectivity index (χ0v) is 12.6. The molecular formula is C16H26N2O. The Morgan fingerprint density at radius 3 is 2.53 bits per heavy atom. The molecule has 1 amide bonds. The highest BCUT2D eigenvalue weighted by atomic mass is 16.2. The molecule has 1 rings (SSSR count). The normalized spacial score (nSPS) is 10.5. The molecule has 0 bridgehead atoms. The third-order valence-corrected chi connectivity index (χ3v) is 3.66. The summed E-state index contributed by atoms with van der Waals surface area (Å²) in [4.78, 5) is 13.7. The second kappa shape index (κ2) is 7.95. The topological polar surface area (TPSA) is 32.3 Å². The quantitative estimate of drug-likeness (QED) is 0.766. The Hall–Kier alpha value is -1.35. The number of benzene rings is 1. The van der Waals surface area contributed by atoms with Crippen molar-refractivity contribution in [1.82, 2.24) is 10.2 Å². The Labute approximate surface area is 117 Å². The Morgan fingerprint density at radius 2 is 1.89 bits per heavy atom. The van der Waals surface area contributed by atoms with E-state index in [1.807, 2.05) is 18.7 Å². The fourth-order valence-electron chi connectivity index (χ4n) is 2.16. The van der Waals surface area contributed by atoms with E-state index in [-0.39, 0.29) is 5.91 Å². The molecule has 0 aliphatic rings. The molecule has 1 N–H and O–H groups in total. The second-order valence-corrected chi connectivity index (χ2v) is 4.85. The monoisotopic (exact) mass is 262 g/mol. The number of hydrogen-bond acceptors (Lipinski definition) is 2. The van der Waals surface area contributed by atoms with Gasteiger partial charge in [-0.25, -0.2) is 0 Å². The molecule has 0 aliphatic heterocycles. The molecule has 0 atom stereocenters. The first-order valence-corrected chi connectivity index (χ1v) is 7.13. The van der Waals surface area contributed by atoms with Crippen LogP contribution < -0.4 is 5.32 Å². The van der Waals surface area contributed by atoms with Crippen LogP contribution in [0, 0.1) is 13.8 Å². The number of hydrogen-bond donors (Lipinski definition) is 1. The van der Waals surface area contributed by atoms with Gasteiger partial charge in [-0.15, -0.1) is 0 Å². The van der Waals surface area contributed by atoms with Crippen molar-refractivity contribution in [1.29, 1.82) is 0 Å². The van der Waals surface area contributed by atoms with Crippen LogP contribution in [0.1, 0.15) is 37.0 Å². The highest BCUT2D eigenvalue weighted by molar-refractivity contribution is 5.76. The Kier molecular flexibility index (Phi) is 6.57. The maximum atomic E-state index is 11.8. The summed E-state index contributed by atoms with van der Waals surface area (Å²) >= 11 is 0. The van der Waals surface area contributed by atoms with Crippen LogP contribution in [0.2, 0.25) is 0 Å². The molecule has 0 fully saturated rings. The zero-order valence-electron chi connectivity index (χ0n) is 12.6. The fourth-order valence-corrected chi connectivity index (χ4v) is 2.16. The SMILES string of the molecule is CCN(CC)C(=O)CCNCc1cccc(C)c1C. The fraction of sp³-hybridized carbons (Fsp3) is 0.562. The molecule has 19 heavy (non-hydrogen) atoms. The van der Waals surface area contributed by atoms with Gasteiger partial charge in [-0.05, 0) is 44.4 Å². The highest BCUT2D eigenvalue weighted by Gasteiger charge is 2.08. The van der Waals surface area contributed by atoms with Gasteiger partial charge < -0.3 is 10.2 Å². The minimum absolute atomic E-state index is 0.235. The van der Waals surface area contributed by atoms with E-state index in [4.69, 9.17) is 0 Å². The first-order valence-electron chi connectivity index (χ1n) is 7.13. The van der Waals surface area contributed by atoms with Crippen LogP contribution in [-0.4, -0.2) is 30.4 Å². The Bertz CT molecular complexity index is 411. The van der Waals surface area contributed by atoms with E-state index in [9.17, 15) is 4.79 Å². The average Bonchev–Trinajstić information content (AvgIpc) is 2.40. The molecule has 1 aromatic carbocycles. The van der Waals surface area contributed by atoms with Crippen LogP contribution in [0.25, 0.3) is 0 Å².